The van der Waals surface area contributed by atoms with E-state index in [1.54, 1.807) is 0 Å². The van der Waals surface area contributed by atoms with E-state index < -0.39 is 74.6 Å². The molecule has 38 heavy (non-hydrogen) atoms. The molecule has 12 atom stereocenters. The molecule has 2 rings (SSSR count). The van der Waals surface area contributed by atoms with E-state index in [1.165, 1.54) is 25.7 Å². The van der Waals surface area contributed by atoms with E-state index >= 15 is 0 Å². The Morgan fingerprint density at radius 2 is 1.13 bits per heavy atom. The summed E-state index contributed by atoms with van der Waals surface area (Å²) in [5.41, 5.74) is 0. The first-order valence-corrected chi connectivity index (χ1v) is 14.2. The van der Waals surface area contributed by atoms with E-state index in [2.05, 4.69) is 27.7 Å². The molecule has 0 saturated carbocycles. The summed E-state index contributed by atoms with van der Waals surface area (Å²) in [5.74, 6) is 1.89. The first kappa shape index (κ1) is 33.8. The van der Waals surface area contributed by atoms with Crippen LogP contribution in [0.5, 0.6) is 0 Å². The van der Waals surface area contributed by atoms with Crippen LogP contribution >= 0.6 is 0 Å². The summed E-state index contributed by atoms with van der Waals surface area (Å²) in [6.45, 7) is 8.05. The fourth-order valence-electron chi connectivity index (χ4n) is 5.06. The normalized spacial score (nSPS) is 37.9. The van der Waals surface area contributed by atoms with E-state index in [4.69, 9.17) is 18.9 Å². The number of hydrogen-bond acceptors (Lipinski definition) is 11. The number of aliphatic hydroxyl groups excluding tert-OH is 7. The van der Waals surface area contributed by atoms with Crippen LogP contribution in [0, 0.1) is 17.8 Å². The van der Waals surface area contributed by atoms with Gasteiger partial charge in [-0.1, -0.05) is 66.2 Å². The molecule has 11 heteroatoms. The van der Waals surface area contributed by atoms with Crippen molar-refractivity contribution in [2.45, 2.75) is 134 Å². The Bertz CT molecular complexity index is 634. The van der Waals surface area contributed by atoms with Crippen LogP contribution in [-0.4, -0.2) is 117 Å². The Labute approximate surface area is 226 Å². The highest BCUT2D eigenvalue weighted by Gasteiger charge is 2.50. The second-order valence-corrected chi connectivity index (χ2v) is 11.6. The smallest absolute Gasteiger partial charge is 0.187 e. The molecule has 2 saturated heterocycles. The lowest BCUT2D eigenvalue weighted by Gasteiger charge is -2.46. The van der Waals surface area contributed by atoms with E-state index in [0.29, 0.717) is 12.5 Å². The zero-order valence-corrected chi connectivity index (χ0v) is 23.3. The van der Waals surface area contributed by atoms with Gasteiger partial charge in [0, 0.05) is 0 Å². The molecule has 0 aromatic carbocycles. The molecule has 0 radical (unpaired) electrons. The van der Waals surface area contributed by atoms with Crippen molar-refractivity contribution in [1.29, 1.82) is 0 Å². The molecule has 0 bridgehead atoms. The molecular weight excluding hydrogens is 500 g/mol. The number of aliphatic hydroxyl groups is 7. The van der Waals surface area contributed by atoms with Gasteiger partial charge in [0.05, 0.1) is 19.8 Å². The predicted octanol–water partition coefficient (Wildman–Crippen LogP) is 0.286. The van der Waals surface area contributed by atoms with E-state index in [-0.39, 0.29) is 0 Å². The Kier molecular flexibility index (Phi) is 14.9. The van der Waals surface area contributed by atoms with E-state index in [9.17, 15) is 35.7 Å². The highest BCUT2D eigenvalue weighted by atomic mass is 16.7. The lowest BCUT2D eigenvalue weighted by atomic mass is 9.93. The molecule has 11 nitrogen and oxygen atoms in total. The minimum atomic E-state index is -1.70. The van der Waals surface area contributed by atoms with Crippen molar-refractivity contribution < 1.29 is 54.7 Å². The largest absolute Gasteiger partial charge is 0.394 e. The van der Waals surface area contributed by atoms with Gasteiger partial charge >= 0.3 is 0 Å². The SMILES string of the molecule is CC(C)CCCC(C)CCCC(C)CCO[C@@H]1OC(CO)[C@@H](O[C@@H]2OC(CO)[C@H](O)[C@H](O)C2O)[C@H](O)C1O. The summed E-state index contributed by atoms with van der Waals surface area (Å²) in [7, 11) is 0. The molecule has 0 aromatic rings. The van der Waals surface area contributed by atoms with Crippen molar-refractivity contribution in [1.82, 2.24) is 0 Å². The maximum atomic E-state index is 10.7. The third kappa shape index (κ3) is 9.88. The predicted molar refractivity (Wildman–Crippen MR) is 138 cm³/mol. The van der Waals surface area contributed by atoms with Gasteiger partial charge in [-0.3, -0.25) is 0 Å². The molecule has 0 spiro atoms. The summed E-state index contributed by atoms with van der Waals surface area (Å²) >= 11 is 0. The first-order valence-electron chi connectivity index (χ1n) is 14.2. The Morgan fingerprint density at radius 3 is 1.71 bits per heavy atom. The van der Waals surface area contributed by atoms with Crippen LogP contribution in [0.3, 0.4) is 0 Å². The van der Waals surface area contributed by atoms with Gasteiger partial charge in [-0.2, -0.15) is 0 Å². The van der Waals surface area contributed by atoms with Crippen molar-refractivity contribution in [2.75, 3.05) is 19.8 Å². The molecule has 2 aliphatic rings. The monoisotopic (exact) mass is 552 g/mol. The van der Waals surface area contributed by atoms with Crippen LogP contribution in [0.4, 0.5) is 0 Å². The summed E-state index contributed by atoms with van der Waals surface area (Å²) in [5, 5.41) is 70.6. The minimum Gasteiger partial charge on any atom is -0.394 e. The van der Waals surface area contributed by atoms with Crippen LogP contribution in [0.15, 0.2) is 0 Å². The van der Waals surface area contributed by atoms with Gasteiger partial charge in [-0.15, -0.1) is 0 Å². The third-order valence-corrected chi connectivity index (χ3v) is 7.73. The molecule has 6 unspecified atom stereocenters. The first-order chi connectivity index (χ1) is 18.0. The summed E-state index contributed by atoms with van der Waals surface area (Å²) < 4.78 is 22.2. The number of hydrogen-bond donors (Lipinski definition) is 7. The standard InChI is InChI=1S/C27H52O11/c1-15(2)7-5-8-16(3)9-6-10-17(4)11-12-35-26-24(34)22(32)25(19(14-29)37-26)38-27-23(33)21(31)20(30)18(13-28)36-27/h15-34H,5-14H2,1-4H3/t16?,17?,18?,19?,20-,21-,22+,23?,24?,25+,26+,27-/m0/s1. The molecule has 7 N–H and O–H groups in total. The Morgan fingerprint density at radius 1 is 0.605 bits per heavy atom. The zero-order chi connectivity index (χ0) is 28.4. The van der Waals surface area contributed by atoms with Gasteiger partial charge in [-0.25, -0.2) is 0 Å². The maximum Gasteiger partial charge on any atom is 0.187 e. The van der Waals surface area contributed by atoms with Gasteiger partial charge in [0.2, 0.25) is 0 Å². The topological polar surface area (TPSA) is 179 Å². The summed E-state index contributed by atoms with van der Waals surface area (Å²) in [6.07, 6.45) is -6.42. The summed E-state index contributed by atoms with van der Waals surface area (Å²) in [6, 6.07) is 0. The van der Waals surface area contributed by atoms with Crippen LogP contribution < -0.4 is 0 Å². The molecule has 2 heterocycles. The average Bonchev–Trinajstić information content (AvgIpc) is 2.87. The van der Waals surface area contributed by atoms with Gasteiger partial charge in [-0.05, 0) is 24.2 Å². The second-order valence-electron chi connectivity index (χ2n) is 11.6. The molecule has 2 fully saturated rings. The highest BCUT2D eigenvalue weighted by Crippen LogP contribution is 2.30. The fourth-order valence-corrected chi connectivity index (χ4v) is 5.06. The third-order valence-electron chi connectivity index (χ3n) is 7.73. The lowest BCUT2D eigenvalue weighted by molar-refractivity contribution is -0.359. The molecule has 0 aliphatic carbocycles. The van der Waals surface area contributed by atoms with Crippen molar-refractivity contribution in [3.63, 3.8) is 0 Å². The van der Waals surface area contributed by atoms with Crippen molar-refractivity contribution in [2.24, 2.45) is 17.8 Å². The van der Waals surface area contributed by atoms with E-state index in [0.717, 1.165) is 31.1 Å². The second kappa shape index (κ2) is 16.7. The Hall–Kier alpha value is -0.440. The molecule has 2 aliphatic heterocycles. The van der Waals surface area contributed by atoms with E-state index in [1.807, 2.05) is 0 Å². The van der Waals surface area contributed by atoms with Gasteiger partial charge < -0.3 is 54.7 Å². The number of rotatable bonds is 16. The van der Waals surface area contributed by atoms with Gasteiger partial charge in [0.1, 0.15) is 48.8 Å². The quantitative estimate of drug-likeness (QED) is 0.140. The number of ether oxygens (including phenoxy) is 4. The highest BCUT2D eigenvalue weighted by molar-refractivity contribution is 4.94. The van der Waals surface area contributed by atoms with Crippen LogP contribution in [-0.2, 0) is 18.9 Å². The zero-order valence-electron chi connectivity index (χ0n) is 23.3. The van der Waals surface area contributed by atoms with Crippen LogP contribution in [0.25, 0.3) is 0 Å². The summed E-state index contributed by atoms with van der Waals surface area (Å²) in [4.78, 5) is 0. The molecule has 0 aromatic heterocycles. The average molecular weight is 553 g/mol. The molecular formula is C27H52O11. The van der Waals surface area contributed by atoms with Crippen molar-refractivity contribution in [3.05, 3.63) is 0 Å². The van der Waals surface area contributed by atoms with Crippen LogP contribution in [0.2, 0.25) is 0 Å². The van der Waals surface area contributed by atoms with Crippen molar-refractivity contribution >= 4 is 0 Å². The van der Waals surface area contributed by atoms with Gasteiger partial charge in [0.15, 0.2) is 12.6 Å². The minimum absolute atomic E-state index is 0.302. The van der Waals surface area contributed by atoms with Gasteiger partial charge in [0.25, 0.3) is 0 Å². The van der Waals surface area contributed by atoms with Crippen LogP contribution in [0.1, 0.15) is 72.6 Å². The Balaban J connectivity index is 1.78. The molecule has 226 valence electrons. The van der Waals surface area contributed by atoms with Crippen molar-refractivity contribution in [3.8, 4) is 0 Å². The lowest BCUT2D eigenvalue weighted by Crippen LogP contribution is -2.64. The molecule has 0 amide bonds. The maximum absolute atomic E-state index is 10.7. The fraction of sp³-hybridized carbons (Fsp3) is 1.00.